The highest BCUT2D eigenvalue weighted by Crippen LogP contribution is 2.61. The fraction of sp³-hybridized carbons (Fsp3) is 0.857. The molecule has 0 aromatic heterocycles. The van der Waals surface area contributed by atoms with Gasteiger partial charge in [0.2, 0.25) is 0 Å². The van der Waals surface area contributed by atoms with E-state index in [4.69, 9.17) is 4.74 Å². The van der Waals surface area contributed by atoms with Gasteiger partial charge in [0, 0.05) is 11.8 Å². The molecule has 2 fully saturated rings. The highest BCUT2D eigenvalue weighted by atomic mass is 16.5. The number of aliphatic hydroxyl groups is 1. The first kappa shape index (κ1) is 16.6. The van der Waals surface area contributed by atoms with E-state index in [-0.39, 0.29) is 23.6 Å². The van der Waals surface area contributed by atoms with E-state index in [9.17, 15) is 9.90 Å². The van der Waals surface area contributed by atoms with Crippen LogP contribution in [0, 0.1) is 23.2 Å². The predicted molar refractivity (Wildman–Crippen MR) is 93.3 cm³/mol. The summed E-state index contributed by atoms with van der Waals surface area (Å²) in [6.07, 6.45) is 10.7. The van der Waals surface area contributed by atoms with Gasteiger partial charge in [-0.1, -0.05) is 25.0 Å². The molecule has 0 unspecified atom stereocenters. The van der Waals surface area contributed by atoms with E-state index in [1.54, 1.807) is 11.1 Å². The topological polar surface area (TPSA) is 46.5 Å². The van der Waals surface area contributed by atoms with Crippen LogP contribution in [-0.4, -0.2) is 23.3 Å². The van der Waals surface area contributed by atoms with Crippen molar-refractivity contribution in [2.75, 3.05) is 0 Å². The molecule has 0 aromatic rings. The Bertz CT molecular complexity index is 551. The lowest BCUT2D eigenvalue weighted by Crippen LogP contribution is -2.46. The van der Waals surface area contributed by atoms with Crippen LogP contribution in [-0.2, 0) is 9.53 Å². The van der Waals surface area contributed by atoms with Crippen LogP contribution in [0.2, 0.25) is 0 Å². The number of carbonyl (C=O) groups excluding carboxylic acids is 1. The molecule has 0 saturated heterocycles. The molecule has 0 bridgehead atoms. The minimum Gasteiger partial charge on any atom is -0.462 e. The second-order valence-electron chi connectivity index (χ2n) is 8.89. The maximum atomic E-state index is 11.8. The summed E-state index contributed by atoms with van der Waals surface area (Å²) in [6.45, 7) is 4.28. The highest BCUT2D eigenvalue weighted by Gasteiger charge is 2.56. The van der Waals surface area contributed by atoms with Crippen LogP contribution in [0.3, 0.4) is 0 Å². The van der Waals surface area contributed by atoms with Crippen LogP contribution in [0.15, 0.2) is 11.1 Å². The summed E-state index contributed by atoms with van der Waals surface area (Å²) >= 11 is 0. The zero-order chi connectivity index (χ0) is 16.9. The first-order valence-corrected chi connectivity index (χ1v) is 10.1. The van der Waals surface area contributed by atoms with Crippen LogP contribution in [0.1, 0.15) is 78.1 Å². The monoisotopic (exact) mass is 332 g/mol. The lowest BCUT2D eigenvalue weighted by Gasteiger charge is -2.52. The third kappa shape index (κ3) is 2.55. The molecule has 2 saturated carbocycles. The average molecular weight is 332 g/mol. The first-order valence-electron chi connectivity index (χ1n) is 10.1. The standard InChI is InChI=1S/C21H32O3/c1-3-20(23)24-19-9-8-18-17-6-4-13-12-14(22)5-7-15(13)16(17)10-11-21(18,19)2/h14,16-19,22H,3-12H2,1-2H3/t14-,16-,17-,18+,19+,21+/m1/s1. The molecule has 6 atom stereocenters. The maximum absolute atomic E-state index is 11.8. The van der Waals surface area contributed by atoms with Gasteiger partial charge in [-0.05, 0) is 75.5 Å². The Morgan fingerprint density at radius 2 is 2.04 bits per heavy atom. The van der Waals surface area contributed by atoms with Gasteiger partial charge in [0.05, 0.1) is 6.10 Å². The molecule has 4 rings (SSSR count). The van der Waals surface area contributed by atoms with Gasteiger partial charge in [-0.3, -0.25) is 4.79 Å². The van der Waals surface area contributed by atoms with Crippen molar-refractivity contribution >= 4 is 5.97 Å². The molecule has 0 spiro atoms. The summed E-state index contributed by atoms with van der Waals surface area (Å²) in [5.74, 6) is 2.22. The molecule has 3 heteroatoms. The number of aliphatic hydroxyl groups excluding tert-OH is 1. The minimum absolute atomic E-state index is 0.0288. The van der Waals surface area contributed by atoms with Crippen molar-refractivity contribution in [3.05, 3.63) is 11.1 Å². The van der Waals surface area contributed by atoms with E-state index in [0.717, 1.165) is 37.5 Å². The van der Waals surface area contributed by atoms with Gasteiger partial charge in [0.15, 0.2) is 0 Å². The van der Waals surface area contributed by atoms with E-state index in [0.29, 0.717) is 12.3 Å². The van der Waals surface area contributed by atoms with Gasteiger partial charge < -0.3 is 9.84 Å². The number of allylic oxidation sites excluding steroid dienone is 1. The van der Waals surface area contributed by atoms with Gasteiger partial charge in [-0.2, -0.15) is 0 Å². The summed E-state index contributed by atoms with van der Waals surface area (Å²) in [4.78, 5) is 11.8. The quantitative estimate of drug-likeness (QED) is 0.603. The van der Waals surface area contributed by atoms with Gasteiger partial charge in [-0.25, -0.2) is 0 Å². The number of hydrogen-bond acceptors (Lipinski definition) is 3. The third-order valence-electron chi connectivity index (χ3n) is 7.82. The zero-order valence-corrected chi connectivity index (χ0v) is 15.2. The Labute approximate surface area is 145 Å². The van der Waals surface area contributed by atoms with Crippen molar-refractivity contribution in [2.45, 2.75) is 90.3 Å². The molecule has 3 nitrogen and oxygen atoms in total. The molecule has 4 aliphatic rings. The van der Waals surface area contributed by atoms with E-state index in [1.165, 1.54) is 32.1 Å². The van der Waals surface area contributed by atoms with Gasteiger partial charge >= 0.3 is 5.97 Å². The predicted octanol–water partition coefficient (Wildman–Crippen LogP) is 4.39. The average Bonchev–Trinajstić information content (AvgIpc) is 2.90. The van der Waals surface area contributed by atoms with Gasteiger partial charge in [-0.15, -0.1) is 0 Å². The summed E-state index contributed by atoms with van der Waals surface area (Å²) in [5, 5.41) is 9.99. The largest absolute Gasteiger partial charge is 0.462 e. The van der Waals surface area contributed by atoms with Crippen LogP contribution in [0.4, 0.5) is 0 Å². The van der Waals surface area contributed by atoms with Crippen LogP contribution in [0.5, 0.6) is 0 Å². The maximum Gasteiger partial charge on any atom is 0.305 e. The molecule has 0 amide bonds. The molecule has 134 valence electrons. The van der Waals surface area contributed by atoms with Crippen molar-refractivity contribution in [3.8, 4) is 0 Å². The summed E-state index contributed by atoms with van der Waals surface area (Å²) in [5.41, 5.74) is 3.50. The third-order valence-corrected chi connectivity index (χ3v) is 7.82. The summed E-state index contributed by atoms with van der Waals surface area (Å²) in [7, 11) is 0. The Kier molecular flexibility index (Phi) is 4.27. The van der Waals surface area contributed by atoms with Crippen LogP contribution < -0.4 is 0 Å². The molecule has 1 N–H and O–H groups in total. The first-order chi connectivity index (χ1) is 11.5. The minimum atomic E-state index is -0.0986. The molecular formula is C21H32O3. The number of carbonyl (C=O) groups is 1. The fourth-order valence-corrected chi connectivity index (χ4v) is 6.58. The molecule has 0 aliphatic heterocycles. The Hall–Kier alpha value is -0.830. The lowest BCUT2D eigenvalue weighted by molar-refractivity contribution is -0.157. The molecule has 4 aliphatic carbocycles. The number of fused-ring (bicyclic) bond motifs is 4. The molecule has 0 aromatic carbocycles. The second kappa shape index (κ2) is 6.16. The summed E-state index contributed by atoms with van der Waals surface area (Å²) < 4.78 is 5.85. The fourth-order valence-electron chi connectivity index (χ4n) is 6.58. The van der Waals surface area contributed by atoms with Crippen LogP contribution in [0.25, 0.3) is 0 Å². The van der Waals surface area contributed by atoms with Crippen molar-refractivity contribution < 1.29 is 14.6 Å². The SMILES string of the molecule is CCC(=O)O[C@H]1CC[C@H]2[C@@H]3CCC4=C(CC[C@@H](O)C4)[C@H]3CC[C@]12C. The molecule has 24 heavy (non-hydrogen) atoms. The van der Waals surface area contributed by atoms with E-state index in [2.05, 4.69) is 6.92 Å². The van der Waals surface area contributed by atoms with Crippen molar-refractivity contribution in [3.63, 3.8) is 0 Å². The molecular weight excluding hydrogens is 300 g/mol. The van der Waals surface area contributed by atoms with Crippen LogP contribution >= 0.6 is 0 Å². The second-order valence-corrected chi connectivity index (χ2v) is 8.89. The normalized spacial score (nSPS) is 44.5. The van der Waals surface area contributed by atoms with E-state index >= 15 is 0 Å². The smallest absolute Gasteiger partial charge is 0.305 e. The van der Waals surface area contributed by atoms with E-state index in [1.807, 2.05) is 6.92 Å². The lowest BCUT2D eigenvalue weighted by atomic mass is 9.54. The zero-order valence-electron chi connectivity index (χ0n) is 15.2. The number of rotatable bonds is 2. The van der Waals surface area contributed by atoms with Crippen molar-refractivity contribution in [1.82, 2.24) is 0 Å². The molecule has 0 heterocycles. The number of ether oxygens (including phenoxy) is 1. The Morgan fingerprint density at radius 1 is 1.21 bits per heavy atom. The number of hydrogen-bond donors (Lipinski definition) is 1. The Morgan fingerprint density at radius 3 is 2.83 bits per heavy atom. The van der Waals surface area contributed by atoms with Gasteiger partial charge in [0.1, 0.15) is 6.10 Å². The summed E-state index contributed by atoms with van der Waals surface area (Å²) in [6, 6.07) is 0. The van der Waals surface area contributed by atoms with E-state index < -0.39 is 0 Å². The van der Waals surface area contributed by atoms with Crippen molar-refractivity contribution in [1.29, 1.82) is 0 Å². The van der Waals surface area contributed by atoms with Gasteiger partial charge in [0.25, 0.3) is 0 Å². The van der Waals surface area contributed by atoms with Crippen molar-refractivity contribution in [2.24, 2.45) is 23.2 Å². The number of esters is 1. The molecule has 0 radical (unpaired) electrons. The Balaban J connectivity index is 1.55. The highest BCUT2D eigenvalue weighted by molar-refractivity contribution is 5.69.